The van der Waals surface area contributed by atoms with E-state index in [1.165, 1.54) is 4.88 Å². The number of nitrogens with one attached hydrogen (secondary N) is 2. The first-order chi connectivity index (χ1) is 6.21. The van der Waals surface area contributed by atoms with Crippen molar-refractivity contribution in [2.45, 2.75) is 25.4 Å². The molecule has 0 spiro atoms. The molecular formula is C9H15N3S. The second-order valence-corrected chi connectivity index (χ2v) is 4.76. The maximum absolute atomic E-state index is 4.12. The van der Waals surface area contributed by atoms with E-state index in [-0.39, 0.29) is 5.54 Å². The van der Waals surface area contributed by atoms with Crippen LogP contribution in [0.4, 0.5) is 0 Å². The van der Waals surface area contributed by atoms with Crippen LogP contribution in [0.1, 0.15) is 18.7 Å². The number of hydrogen-bond acceptors (Lipinski definition) is 4. The van der Waals surface area contributed by atoms with Crippen LogP contribution >= 0.6 is 11.3 Å². The normalized spacial score (nSPS) is 34.8. The highest BCUT2D eigenvalue weighted by molar-refractivity contribution is 7.09. The predicted molar refractivity (Wildman–Crippen MR) is 54.9 cm³/mol. The number of aromatic nitrogens is 1. The molecule has 1 aliphatic rings. The minimum absolute atomic E-state index is 0.0683. The van der Waals surface area contributed by atoms with Crippen LogP contribution in [-0.4, -0.2) is 24.1 Å². The molecule has 0 radical (unpaired) electrons. The van der Waals surface area contributed by atoms with E-state index in [0.717, 1.165) is 13.1 Å². The Balaban J connectivity index is 2.20. The third-order valence-electron chi connectivity index (χ3n) is 2.47. The smallest absolute Gasteiger partial charge is 0.0794 e. The number of piperazine rings is 1. The summed E-state index contributed by atoms with van der Waals surface area (Å²) in [5.74, 6) is 0. The number of hydrogen-bond donors (Lipinski definition) is 2. The van der Waals surface area contributed by atoms with Gasteiger partial charge in [0, 0.05) is 30.2 Å². The quantitative estimate of drug-likeness (QED) is 0.703. The largest absolute Gasteiger partial charge is 0.313 e. The summed E-state index contributed by atoms with van der Waals surface area (Å²) in [7, 11) is 0. The van der Waals surface area contributed by atoms with E-state index in [1.807, 2.05) is 11.7 Å². The van der Waals surface area contributed by atoms with Gasteiger partial charge in [0.25, 0.3) is 0 Å². The number of rotatable bonds is 1. The molecule has 1 aromatic rings. The van der Waals surface area contributed by atoms with Gasteiger partial charge in [0.1, 0.15) is 0 Å². The van der Waals surface area contributed by atoms with E-state index in [2.05, 4.69) is 29.5 Å². The molecule has 0 amide bonds. The lowest BCUT2D eigenvalue weighted by molar-refractivity contribution is 0.259. The van der Waals surface area contributed by atoms with Crippen LogP contribution in [0.25, 0.3) is 0 Å². The summed E-state index contributed by atoms with van der Waals surface area (Å²) in [5, 5.41) is 7.03. The van der Waals surface area contributed by atoms with Gasteiger partial charge >= 0.3 is 0 Å². The van der Waals surface area contributed by atoms with Crippen molar-refractivity contribution in [3.63, 3.8) is 0 Å². The van der Waals surface area contributed by atoms with Crippen molar-refractivity contribution in [1.29, 1.82) is 0 Å². The van der Waals surface area contributed by atoms with Gasteiger partial charge in [0.15, 0.2) is 0 Å². The second kappa shape index (κ2) is 3.36. The maximum atomic E-state index is 4.12. The predicted octanol–water partition coefficient (Wildman–Crippen LogP) is 0.940. The summed E-state index contributed by atoms with van der Waals surface area (Å²) in [6, 6.07) is 0.529. The van der Waals surface area contributed by atoms with Gasteiger partial charge in [-0.15, -0.1) is 11.3 Å². The molecule has 1 aromatic heterocycles. The zero-order valence-electron chi connectivity index (χ0n) is 8.00. The Kier molecular flexibility index (Phi) is 2.36. The lowest BCUT2D eigenvalue weighted by Crippen LogP contribution is -2.58. The first kappa shape index (κ1) is 9.12. The van der Waals surface area contributed by atoms with Crippen LogP contribution in [0.2, 0.25) is 0 Å². The summed E-state index contributed by atoms with van der Waals surface area (Å²) in [6.45, 7) is 6.46. The Morgan fingerprint density at radius 1 is 1.69 bits per heavy atom. The standard InChI is InChI=1S/C9H15N3S/c1-7-3-10-5-9(2,12-7)8-4-11-6-13-8/h4,6-7,10,12H,3,5H2,1-2H3. The van der Waals surface area contributed by atoms with E-state index < -0.39 is 0 Å². The Hall–Kier alpha value is -0.450. The first-order valence-electron chi connectivity index (χ1n) is 4.58. The van der Waals surface area contributed by atoms with Crippen molar-refractivity contribution >= 4 is 11.3 Å². The number of nitrogens with zero attached hydrogens (tertiary/aromatic N) is 1. The summed E-state index contributed by atoms with van der Waals surface area (Å²) in [4.78, 5) is 5.43. The van der Waals surface area contributed by atoms with Crippen LogP contribution in [0.5, 0.6) is 0 Å². The lowest BCUT2D eigenvalue weighted by atomic mass is 9.97. The molecule has 1 saturated heterocycles. The third-order valence-corrected chi connectivity index (χ3v) is 3.51. The lowest BCUT2D eigenvalue weighted by Gasteiger charge is -2.38. The van der Waals surface area contributed by atoms with Crippen LogP contribution in [0.15, 0.2) is 11.7 Å². The van der Waals surface area contributed by atoms with E-state index in [4.69, 9.17) is 0 Å². The van der Waals surface area contributed by atoms with Crippen molar-refractivity contribution in [2.24, 2.45) is 0 Å². The molecular weight excluding hydrogens is 182 g/mol. The molecule has 4 heteroatoms. The molecule has 13 heavy (non-hydrogen) atoms. The average molecular weight is 197 g/mol. The van der Waals surface area contributed by atoms with Crippen molar-refractivity contribution in [3.8, 4) is 0 Å². The molecule has 3 nitrogen and oxygen atoms in total. The van der Waals surface area contributed by atoms with Crippen LogP contribution in [0.3, 0.4) is 0 Å². The molecule has 2 heterocycles. The fourth-order valence-electron chi connectivity index (χ4n) is 1.83. The van der Waals surface area contributed by atoms with Crippen molar-refractivity contribution < 1.29 is 0 Å². The summed E-state index contributed by atoms with van der Waals surface area (Å²) < 4.78 is 0. The average Bonchev–Trinajstić information content (AvgIpc) is 2.55. The zero-order chi connectivity index (χ0) is 9.31. The molecule has 0 aliphatic carbocycles. The van der Waals surface area contributed by atoms with Crippen molar-refractivity contribution in [1.82, 2.24) is 15.6 Å². The maximum Gasteiger partial charge on any atom is 0.0794 e. The van der Waals surface area contributed by atoms with E-state index >= 15 is 0 Å². The van der Waals surface area contributed by atoms with Gasteiger partial charge in [-0.3, -0.25) is 4.98 Å². The molecule has 1 fully saturated rings. The Labute approximate surface area is 82.6 Å². The highest BCUT2D eigenvalue weighted by Gasteiger charge is 2.32. The molecule has 72 valence electrons. The molecule has 2 N–H and O–H groups in total. The van der Waals surface area contributed by atoms with Crippen LogP contribution in [-0.2, 0) is 5.54 Å². The first-order valence-corrected chi connectivity index (χ1v) is 5.46. The Bertz CT molecular complexity index is 272. The van der Waals surface area contributed by atoms with Crippen molar-refractivity contribution in [3.05, 3.63) is 16.6 Å². The third kappa shape index (κ3) is 1.75. The van der Waals surface area contributed by atoms with E-state index in [0.29, 0.717) is 6.04 Å². The summed E-state index contributed by atoms with van der Waals surface area (Å²) in [5.41, 5.74) is 1.96. The molecule has 2 unspecified atom stereocenters. The molecule has 0 aromatic carbocycles. The minimum Gasteiger partial charge on any atom is -0.313 e. The topological polar surface area (TPSA) is 37.0 Å². The minimum atomic E-state index is 0.0683. The second-order valence-electron chi connectivity index (χ2n) is 3.87. The van der Waals surface area contributed by atoms with Crippen molar-refractivity contribution in [2.75, 3.05) is 13.1 Å². The SMILES string of the molecule is CC1CNCC(C)(c2cncs2)N1. The van der Waals surface area contributed by atoms with Gasteiger partial charge in [-0.2, -0.15) is 0 Å². The van der Waals surface area contributed by atoms with Gasteiger partial charge in [0.2, 0.25) is 0 Å². The van der Waals surface area contributed by atoms with Gasteiger partial charge in [-0.25, -0.2) is 0 Å². The van der Waals surface area contributed by atoms with Gasteiger partial charge in [0.05, 0.1) is 11.0 Å². The summed E-state index contributed by atoms with van der Waals surface area (Å²) in [6.07, 6.45) is 1.96. The fraction of sp³-hybridized carbons (Fsp3) is 0.667. The molecule has 0 saturated carbocycles. The molecule has 0 bridgehead atoms. The fourth-order valence-corrected chi connectivity index (χ4v) is 2.58. The monoisotopic (exact) mass is 197 g/mol. The Morgan fingerprint density at radius 2 is 2.54 bits per heavy atom. The molecule has 2 atom stereocenters. The number of thiazole rings is 1. The van der Waals surface area contributed by atoms with Crippen LogP contribution < -0.4 is 10.6 Å². The van der Waals surface area contributed by atoms with Crippen LogP contribution in [0, 0.1) is 0 Å². The Morgan fingerprint density at radius 3 is 3.15 bits per heavy atom. The molecule has 2 rings (SSSR count). The summed E-state index contributed by atoms with van der Waals surface area (Å²) >= 11 is 1.72. The highest BCUT2D eigenvalue weighted by atomic mass is 32.1. The van der Waals surface area contributed by atoms with Gasteiger partial charge in [-0.05, 0) is 13.8 Å². The zero-order valence-corrected chi connectivity index (χ0v) is 8.82. The van der Waals surface area contributed by atoms with E-state index in [9.17, 15) is 0 Å². The molecule has 1 aliphatic heterocycles. The van der Waals surface area contributed by atoms with Gasteiger partial charge < -0.3 is 10.6 Å². The van der Waals surface area contributed by atoms with Gasteiger partial charge in [-0.1, -0.05) is 0 Å². The van der Waals surface area contributed by atoms with E-state index in [1.54, 1.807) is 11.3 Å². The highest BCUT2D eigenvalue weighted by Crippen LogP contribution is 2.25.